The molecule has 148 valence electrons. The van der Waals surface area contributed by atoms with Crippen LogP contribution in [0.25, 0.3) is 0 Å². The van der Waals surface area contributed by atoms with Crippen molar-refractivity contribution in [2.45, 2.75) is 91.0 Å². The van der Waals surface area contributed by atoms with Crippen LogP contribution in [0, 0.1) is 28.1 Å². The van der Waals surface area contributed by atoms with Crippen molar-refractivity contribution in [1.29, 1.82) is 0 Å². The van der Waals surface area contributed by atoms with E-state index in [-0.39, 0.29) is 40.2 Å². The molecule has 2 N–H and O–H groups in total. The molecule has 0 unspecified atom stereocenters. The summed E-state index contributed by atoms with van der Waals surface area (Å²) in [6, 6.07) is 0. The topological polar surface area (TPSA) is 66.8 Å². The van der Waals surface area contributed by atoms with Crippen LogP contribution in [0.4, 0.5) is 0 Å². The van der Waals surface area contributed by atoms with Crippen molar-refractivity contribution in [3.05, 3.63) is 12.7 Å². The molecule has 3 aliphatic carbocycles. The number of fused-ring (bicyclic) bond motifs is 3. The third kappa shape index (κ3) is 2.75. The van der Waals surface area contributed by atoms with E-state index in [0.29, 0.717) is 12.8 Å². The van der Waals surface area contributed by atoms with Gasteiger partial charge in [-0.25, -0.2) is 0 Å². The lowest BCUT2D eigenvalue weighted by Crippen LogP contribution is -2.68. The van der Waals surface area contributed by atoms with Gasteiger partial charge >= 0.3 is 5.97 Å². The lowest BCUT2D eigenvalue weighted by molar-refractivity contribution is -0.264. The molecule has 4 heteroatoms. The Balaban J connectivity index is 1.97. The number of hydrogen-bond donors (Lipinski definition) is 2. The predicted molar refractivity (Wildman–Crippen MR) is 101 cm³/mol. The molecule has 0 heterocycles. The third-order valence-electron chi connectivity index (χ3n) is 8.40. The minimum absolute atomic E-state index is 0.0589. The molecule has 4 nitrogen and oxygen atoms in total. The maximum absolute atomic E-state index is 11.6. The zero-order valence-electron chi connectivity index (χ0n) is 17.0. The monoisotopic (exact) mass is 364 g/mol. The number of ether oxygens (including phenoxy) is 1. The van der Waals surface area contributed by atoms with Crippen molar-refractivity contribution >= 4 is 5.97 Å². The number of hydrogen-bond acceptors (Lipinski definition) is 4. The van der Waals surface area contributed by atoms with Crippen molar-refractivity contribution in [1.82, 2.24) is 0 Å². The molecule has 0 aliphatic heterocycles. The summed E-state index contributed by atoms with van der Waals surface area (Å²) in [5.74, 6) is 0.0368. The zero-order chi connectivity index (χ0) is 19.5. The van der Waals surface area contributed by atoms with Crippen LogP contribution >= 0.6 is 0 Å². The fourth-order valence-electron chi connectivity index (χ4n) is 6.90. The van der Waals surface area contributed by atoms with Gasteiger partial charge < -0.3 is 14.9 Å². The number of aliphatic hydroxyl groups is 2. The second kappa shape index (κ2) is 6.07. The second-order valence-corrected chi connectivity index (χ2v) is 10.4. The summed E-state index contributed by atoms with van der Waals surface area (Å²) in [6.45, 7) is 14.2. The van der Waals surface area contributed by atoms with Crippen LogP contribution in [-0.4, -0.2) is 34.0 Å². The van der Waals surface area contributed by atoms with E-state index in [9.17, 15) is 15.0 Å². The van der Waals surface area contributed by atoms with Crippen LogP contribution in [0.3, 0.4) is 0 Å². The van der Waals surface area contributed by atoms with Gasteiger partial charge in [-0.3, -0.25) is 4.79 Å². The quantitative estimate of drug-likeness (QED) is 0.577. The Bertz CT molecular complexity index is 599. The largest absolute Gasteiger partial charge is 0.462 e. The van der Waals surface area contributed by atoms with E-state index in [1.807, 2.05) is 6.08 Å². The highest BCUT2D eigenvalue weighted by Gasteiger charge is 2.66. The first-order valence-corrected chi connectivity index (χ1v) is 10.1. The van der Waals surface area contributed by atoms with E-state index in [1.165, 1.54) is 6.92 Å². The zero-order valence-corrected chi connectivity index (χ0v) is 17.0. The molecule has 0 aromatic carbocycles. The number of aliphatic hydroxyl groups excluding tert-OH is 1. The summed E-state index contributed by atoms with van der Waals surface area (Å²) in [5, 5.41) is 22.7. The summed E-state index contributed by atoms with van der Waals surface area (Å²) in [6.07, 6.45) is 5.84. The maximum Gasteiger partial charge on any atom is 0.302 e. The van der Waals surface area contributed by atoms with Crippen molar-refractivity contribution in [2.75, 3.05) is 0 Å². The van der Waals surface area contributed by atoms with Crippen molar-refractivity contribution in [3.63, 3.8) is 0 Å². The molecule has 0 aromatic heterocycles. The van der Waals surface area contributed by atoms with Crippen LogP contribution in [0.5, 0.6) is 0 Å². The summed E-state index contributed by atoms with van der Waals surface area (Å²) in [5.41, 5.74) is -1.46. The van der Waals surface area contributed by atoms with Crippen LogP contribution in [0.2, 0.25) is 0 Å². The van der Waals surface area contributed by atoms with Gasteiger partial charge in [0, 0.05) is 12.3 Å². The lowest BCUT2D eigenvalue weighted by Gasteiger charge is -2.66. The Kier molecular flexibility index (Phi) is 4.64. The molecule has 3 fully saturated rings. The number of carbonyl (C=O) groups is 1. The van der Waals surface area contributed by atoms with Gasteiger partial charge in [-0.1, -0.05) is 33.8 Å². The van der Waals surface area contributed by atoms with Gasteiger partial charge in [0.1, 0.15) is 6.10 Å². The van der Waals surface area contributed by atoms with Gasteiger partial charge in [-0.05, 0) is 61.2 Å². The van der Waals surface area contributed by atoms with Crippen LogP contribution in [-0.2, 0) is 9.53 Å². The highest BCUT2D eigenvalue weighted by atomic mass is 16.5. The highest BCUT2D eigenvalue weighted by molar-refractivity contribution is 5.66. The van der Waals surface area contributed by atoms with Crippen molar-refractivity contribution in [3.8, 4) is 0 Å². The summed E-state index contributed by atoms with van der Waals surface area (Å²) >= 11 is 0. The van der Waals surface area contributed by atoms with E-state index in [4.69, 9.17) is 4.74 Å². The Labute approximate surface area is 158 Å². The minimum Gasteiger partial charge on any atom is -0.462 e. The second-order valence-electron chi connectivity index (χ2n) is 10.4. The molecule has 0 spiro atoms. The first kappa shape index (κ1) is 19.9. The molecule has 0 aromatic rings. The average molecular weight is 365 g/mol. The molecular weight excluding hydrogens is 328 g/mol. The SMILES string of the molecule is C=C[C@@]1(C)CC[C@@H]2[C@@]3(C)CC[C@H](OC(C)=O)C(C)(C)[C@@H]3C[C@H](O)[C@@]2(O)C1. The Hall–Kier alpha value is -0.870. The molecule has 7 atom stereocenters. The lowest BCUT2D eigenvalue weighted by atomic mass is 9.41. The maximum atomic E-state index is 11.6. The fourth-order valence-corrected chi connectivity index (χ4v) is 6.90. The summed E-state index contributed by atoms with van der Waals surface area (Å²) in [7, 11) is 0. The standard InChI is InChI=1S/C22H36O4/c1-7-20(5)10-8-15-21(6)11-9-18(26-14(2)23)19(3,4)16(21)12-17(24)22(15,25)13-20/h7,15-18,24-25H,1,8-13H2,2-6H3/t15-,16+,17+,18+,20+,21-,22-/m1/s1. The van der Waals surface area contributed by atoms with Crippen LogP contribution in [0.1, 0.15) is 73.1 Å². The Morgan fingerprint density at radius 3 is 2.38 bits per heavy atom. The van der Waals surface area contributed by atoms with E-state index < -0.39 is 11.7 Å². The Morgan fingerprint density at radius 2 is 1.81 bits per heavy atom. The molecule has 3 saturated carbocycles. The predicted octanol–water partition coefficient (Wildman–Crippen LogP) is 3.85. The van der Waals surface area contributed by atoms with Crippen LogP contribution < -0.4 is 0 Å². The summed E-state index contributed by atoms with van der Waals surface area (Å²) < 4.78 is 5.65. The molecule has 26 heavy (non-hydrogen) atoms. The minimum atomic E-state index is -1.06. The average Bonchev–Trinajstić information content (AvgIpc) is 2.53. The molecule has 3 aliphatic rings. The number of carbonyl (C=O) groups excluding carboxylic acids is 1. The van der Waals surface area contributed by atoms with Gasteiger partial charge in [0.25, 0.3) is 0 Å². The highest BCUT2D eigenvalue weighted by Crippen LogP contribution is 2.66. The first-order chi connectivity index (χ1) is 11.9. The fraction of sp³-hybridized carbons (Fsp3) is 0.864. The van der Waals surface area contributed by atoms with Gasteiger partial charge in [0.2, 0.25) is 0 Å². The van der Waals surface area contributed by atoms with E-state index in [0.717, 1.165) is 25.7 Å². The van der Waals surface area contributed by atoms with Gasteiger partial charge in [-0.2, -0.15) is 0 Å². The molecule has 0 radical (unpaired) electrons. The van der Waals surface area contributed by atoms with E-state index in [1.54, 1.807) is 0 Å². The van der Waals surface area contributed by atoms with Gasteiger partial charge in [0.15, 0.2) is 0 Å². The molecule has 0 saturated heterocycles. The number of esters is 1. The van der Waals surface area contributed by atoms with E-state index >= 15 is 0 Å². The van der Waals surface area contributed by atoms with Crippen molar-refractivity contribution in [2.24, 2.45) is 28.1 Å². The van der Waals surface area contributed by atoms with E-state index in [2.05, 4.69) is 34.3 Å². The molecule has 0 bridgehead atoms. The summed E-state index contributed by atoms with van der Waals surface area (Å²) in [4.78, 5) is 11.6. The van der Waals surface area contributed by atoms with Gasteiger partial charge in [-0.15, -0.1) is 6.58 Å². The van der Waals surface area contributed by atoms with Gasteiger partial charge in [0.05, 0.1) is 11.7 Å². The third-order valence-corrected chi connectivity index (χ3v) is 8.40. The molecule has 0 amide bonds. The van der Waals surface area contributed by atoms with Crippen molar-refractivity contribution < 1.29 is 19.7 Å². The smallest absolute Gasteiger partial charge is 0.302 e. The Morgan fingerprint density at radius 1 is 1.15 bits per heavy atom. The van der Waals surface area contributed by atoms with Crippen LogP contribution in [0.15, 0.2) is 12.7 Å². The number of allylic oxidation sites excluding steroid dienone is 1. The number of rotatable bonds is 2. The molecular formula is C22H36O4. The molecule has 3 rings (SSSR count). The normalized spacial score (nSPS) is 50.3. The first-order valence-electron chi connectivity index (χ1n) is 10.1.